The summed E-state index contributed by atoms with van der Waals surface area (Å²) in [6.45, 7) is 10.5. The highest BCUT2D eigenvalue weighted by molar-refractivity contribution is 8.76. The number of hydrogen-bond donors (Lipinski definition) is 0. The number of carbonyl (C=O) groups excluding carboxylic acids is 1. The topological polar surface area (TPSA) is 78.5 Å². The molecule has 2 radical (unpaired) electrons. The average Bonchev–Trinajstić information content (AvgIpc) is 2.86. The minimum atomic E-state index is -2.92. The summed E-state index contributed by atoms with van der Waals surface area (Å²) in [5, 5.41) is 0.944. The van der Waals surface area contributed by atoms with Gasteiger partial charge in [0.25, 0.3) is 0 Å². The van der Waals surface area contributed by atoms with E-state index in [0.717, 1.165) is 17.3 Å². The number of nitrogens with zero attached hydrogens (tertiary/aromatic N) is 5. The molecule has 2 fully saturated rings. The van der Waals surface area contributed by atoms with E-state index in [1.54, 1.807) is 32.5 Å². The van der Waals surface area contributed by atoms with Crippen LogP contribution in [0.25, 0.3) is 0 Å². The van der Waals surface area contributed by atoms with E-state index in [4.69, 9.17) is 17.3 Å². The van der Waals surface area contributed by atoms with Crippen LogP contribution in [-0.4, -0.2) is 128 Å². The van der Waals surface area contributed by atoms with Crippen LogP contribution in [0.3, 0.4) is 0 Å². The van der Waals surface area contributed by atoms with Crippen molar-refractivity contribution in [1.82, 2.24) is 24.1 Å². The Morgan fingerprint density at radius 1 is 1.24 bits per heavy atom. The fraction of sp³-hybridized carbons (Fsp3) is 0.750. The Balaban J connectivity index is 1.42. The van der Waals surface area contributed by atoms with Crippen molar-refractivity contribution < 1.29 is 18.8 Å². The summed E-state index contributed by atoms with van der Waals surface area (Å²) in [7, 11) is 10.1. The van der Waals surface area contributed by atoms with Gasteiger partial charge in [0.2, 0.25) is 13.4 Å². The molecule has 13 heteroatoms. The predicted octanol–water partition coefficient (Wildman–Crippen LogP) is 3.08. The molecule has 1 amide bonds. The van der Waals surface area contributed by atoms with Crippen molar-refractivity contribution in [2.75, 3.05) is 72.1 Å². The van der Waals surface area contributed by atoms with E-state index in [1.807, 2.05) is 41.9 Å². The molecule has 1 aromatic heterocycles. The molecule has 1 aromatic rings. The fourth-order valence-corrected chi connectivity index (χ4v) is 8.21. The van der Waals surface area contributed by atoms with Crippen molar-refractivity contribution in [2.24, 2.45) is 0 Å². The molecule has 0 bridgehead atoms. The number of aromatic nitrogens is 1. The number of carbonyl (C=O) groups is 1. The first-order valence-electron chi connectivity index (χ1n) is 12.7. The Labute approximate surface area is 231 Å². The van der Waals surface area contributed by atoms with Crippen molar-refractivity contribution in [3.05, 3.63) is 24.4 Å². The summed E-state index contributed by atoms with van der Waals surface area (Å²) in [6, 6.07) is 5.45. The summed E-state index contributed by atoms with van der Waals surface area (Å²) in [5.74, 6) is 0.864. The highest BCUT2D eigenvalue weighted by atomic mass is 33.1. The molecule has 3 unspecified atom stereocenters. The summed E-state index contributed by atoms with van der Waals surface area (Å²) >= 11 is 0. The van der Waals surface area contributed by atoms with Gasteiger partial charge in [-0.2, -0.15) is 0 Å². The molecule has 0 aromatic carbocycles. The molecule has 9 nitrogen and oxygen atoms in total. The second kappa shape index (κ2) is 14.2. The maximum atomic E-state index is 14.0. The van der Waals surface area contributed by atoms with Gasteiger partial charge in [0, 0.05) is 69.2 Å². The zero-order chi connectivity index (χ0) is 27.1. The van der Waals surface area contributed by atoms with Crippen LogP contribution in [0.4, 0.5) is 0 Å². The van der Waals surface area contributed by atoms with Crippen molar-refractivity contribution in [2.45, 2.75) is 49.9 Å². The molecule has 3 rings (SSSR count). The predicted molar refractivity (Wildman–Crippen MR) is 153 cm³/mol. The van der Waals surface area contributed by atoms with Crippen LogP contribution in [0.5, 0.6) is 0 Å². The van der Waals surface area contributed by atoms with Gasteiger partial charge in [0.15, 0.2) is 0 Å². The molecule has 2 saturated heterocycles. The van der Waals surface area contributed by atoms with Crippen LogP contribution in [0.15, 0.2) is 29.4 Å². The first kappa shape index (κ1) is 30.9. The van der Waals surface area contributed by atoms with E-state index < -0.39 is 7.44 Å². The van der Waals surface area contributed by atoms with Crippen LogP contribution >= 0.6 is 29.0 Å². The Morgan fingerprint density at radius 3 is 2.59 bits per heavy atom. The number of piperazine rings is 1. The Kier molecular flexibility index (Phi) is 11.8. The number of hydrogen-bond acceptors (Lipinski definition) is 8. The van der Waals surface area contributed by atoms with Crippen molar-refractivity contribution >= 4 is 42.8 Å². The second-order valence-electron chi connectivity index (χ2n) is 10.5. The molecule has 0 N–H and O–H groups in total. The van der Waals surface area contributed by atoms with Gasteiger partial charge in [0.1, 0.15) is 19.2 Å². The van der Waals surface area contributed by atoms with E-state index in [2.05, 4.69) is 30.7 Å². The molecule has 0 spiro atoms. The van der Waals surface area contributed by atoms with Gasteiger partial charge < -0.3 is 14.4 Å². The van der Waals surface area contributed by atoms with E-state index in [1.165, 1.54) is 0 Å². The van der Waals surface area contributed by atoms with Gasteiger partial charge in [-0.05, 0) is 57.8 Å². The van der Waals surface area contributed by atoms with Gasteiger partial charge in [-0.15, -0.1) is 0 Å². The molecular weight excluding hydrogens is 528 g/mol. The van der Waals surface area contributed by atoms with Gasteiger partial charge in [-0.25, -0.2) is 14.3 Å². The first-order valence-corrected chi connectivity index (χ1v) is 16.8. The zero-order valence-corrected chi connectivity index (χ0v) is 25.3. The highest BCUT2D eigenvalue weighted by Gasteiger charge is 2.37. The summed E-state index contributed by atoms with van der Waals surface area (Å²) < 4.78 is 29.6. The maximum absolute atomic E-state index is 14.0. The van der Waals surface area contributed by atoms with Crippen LogP contribution in [0.2, 0.25) is 0 Å². The lowest BCUT2D eigenvalue weighted by molar-refractivity contribution is -0.131. The molecule has 3 heterocycles. The molecular formula is C24H41BN5O4PS2. The van der Waals surface area contributed by atoms with Crippen LogP contribution in [0, 0.1) is 0 Å². The molecule has 37 heavy (non-hydrogen) atoms. The molecule has 0 saturated carbocycles. The Hall–Kier alpha value is -0.585. The van der Waals surface area contributed by atoms with Crippen molar-refractivity contribution in [3.63, 3.8) is 0 Å². The fourth-order valence-electron chi connectivity index (χ4n) is 4.31. The Bertz CT molecular complexity index is 903. The third-order valence-electron chi connectivity index (χ3n) is 6.56. The largest absolute Gasteiger partial charge is 0.380 e. The number of rotatable bonds is 11. The second-order valence-corrected chi connectivity index (χ2v) is 15.9. The van der Waals surface area contributed by atoms with E-state index in [-0.39, 0.29) is 29.9 Å². The minimum absolute atomic E-state index is 0.00762. The lowest BCUT2D eigenvalue weighted by Crippen LogP contribution is -2.56. The van der Waals surface area contributed by atoms with Crippen molar-refractivity contribution in [3.8, 4) is 0 Å². The van der Waals surface area contributed by atoms with Gasteiger partial charge in [0.05, 0.1) is 12.7 Å². The number of ether oxygens (including phenoxy) is 2. The monoisotopic (exact) mass is 569 g/mol. The summed E-state index contributed by atoms with van der Waals surface area (Å²) in [6.07, 6.45) is 2.19. The summed E-state index contributed by atoms with van der Waals surface area (Å²) in [5.41, 5.74) is -0.00762. The lowest BCUT2D eigenvalue weighted by Gasteiger charge is -2.44. The molecule has 206 valence electrons. The number of pyridine rings is 1. The highest BCUT2D eigenvalue weighted by Crippen LogP contribution is 2.51. The maximum Gasteiger partial charge on any atom is 0.241 e. The smallest absolute Gasteiger partial charge is 0.241 e. The average molecular weight is 570 g/mol. The number of amides is 1. The molecule has 2 aliphatic heterocycles. The first-order chi connectivity index (χ1) is 17.5. The SMILES string of the molecule is [B]C1CN(C(C)(C)C)CC(COCP(=O)(N(C)C)N2CCN(C(=O)CCSSc3ccccn3)CC2)O1. The van der Waals surface area contributed by atoms with Gasteiger partial charge in [-0.1, -0.05) is 16.9 Å². The zero-order valence-electron chi connectivity index (χ0n) is 22.7. The minimum Gasteiger partial charge on any atom is -0.380 e. The third kappa shape index (κ3) is 9.24. The van der Waals surface area contributed by atoms with Gasteiger partial charge in [-0.3, -0.25) is 14.3 Å². The Morgan fingerprint density at radius 2 is 1.97 bits per heavy atom. The molecule has 2 aliphatic rings. The normalized spacial score (nSPS) is 23.8. The lowest BCUT2D eigenvalue weighted by atomic mass is 9.94. The quantitative estimate of drug-likeness (QED) is 0.172. The van der Waals surface area contributed by atoms with E-state index in [9.17, 15) is 9.36 Å². The van der Waals surface area contributed by atoms with E-state index >= 15 is 0 Å². The van der Waals surface area contributed by atoms with E-state index in [0.29, 0.717) is 45.8 Å². The third-order valence-corrected chi connectivity index (χ3v) is 11.9. The van der Waals surface area contributed by atoms with Crippen LogP contribution < -0.4 is 0 Å². The van der Waals surface area contributed by atoms with Gasteiger partial charge >= 0.3 is 0 Å². The summed E-state index contributed by atoms with van der Waals surface area (Å²) in [4.78, 5) is 21.2. The van der Waals surface area contributed by atoms with Crippen LogP contribution in [-0.2, 0) is 18.8 Å². The standard InChI is InChI=1S/C24H41BN5O4PS2/c1-24(2,3)29-16-20(34-21(25)17-29)18-33-19-35(32,27(4)5)30-13-11-28(12-14-30)23(31)9-15-36-37-22-8-6-7-10-26-22/h6-8,10,20-21H,9,11-19H2,1-5H3. The van der Waals surface area contributed by atoms with Crippen molar-refractivity contribution in [1.29, 1.82) is 0 Å². The molecule has 0 aliphatic carbocycles. The number of morpholine rings is 1. The molecule has 3 atom stereocenters. The van der Waals surface area contributed by atoms with Crippen LogP contribution in [0.1, 0.15) is 27.2 Å².